The van der Waals surface area contributed by atoms with E-state index in [1.165, 1.54) is 0 Å². The smallest absolute Gasteiger partial charge is 0.199 e. The zero-order valence-corrected chi connectivity index (χ0v) is 17.3. The minimum atomic E-state index is 0.555. The van der Waals surface area contributed by atoms with Gasteiger partial charge in [-0.25, -0.2) is 4.68 Å². The Labute approximate surface area is 168 Å². The zero-order chi connectivity index (χ0) is 19.4. The minimum absolute atomic E-state index is 0.555. The normalized spacial score (nSPS) is 11.4. The summed E-state index contributed by atoms with van der Waals surface area (Å²) in [6.07, 6.45) is 0. The maximum atomic E-state index is 6.02. The molecule has 6 nitrogen and oxygen atoms in total. The van der Waals surface area contributed by atoms with E-state index in [-0.39, 0.29) is 0 Å². The molecule has 0 fully saturated rings. The molecule has 3 aromatic rings. The molecule has 0 spiro atoms. The first kappa shape index (κ1) is 19.8. The third kappa shape index (κ3) is 4.87. The molecule has 0 saturated heterocycles. The van der Waals surface area contributed by atoms with Gasteiger partial charge < -0.3 is 9.15 Å². The molecular weight excluding hydrogens is 384 g/mol. The van der Waals surface area contributed by atoms with Gasteiger partial charge in [-0.05, 0) is 62.6 Å². The van der Waals surface area contributed by atoms with Crippen LogP contribution >= 0.6 is 23.8 Å². The van der Waals surface area contributed by atoms with Gasteiger partial charge >= 0.3 is 0 Å². The van der Waals surface area contributed by atoms with E-state index in [0.29, 0.717) is 36.2 Å². The Balaban J connectivity index is 1.86. The van der Waals surface area contributed by atoms with Crippen molar-refractivity contribution in [1.82, 2.24) is 19.2 Å². The van der Waals surface area contributed by atoms with Crippen LogP contribution in [0.25, 0.3) is 11.4 Å². The van der Waals surface area contributed by atoms with Gasteiger partial charge in [0.25, 0.3) is 0 Å². The van der Waals surface area contributed by atoms with Crippen LogP contribution in [0.15, 0.2) is 40.8 Å². The van der Waals surface area contributed by atoms with Crippen LogP contribution in [0, 0.1) is 11.7 Å². The molecule has 3 rings (SSSR count). The third-order valence-corrected chi connectivity index (χ3v) is 4.82. The molecule has 1 aromatic carbocycles. The van der Waals surface area contributed by atoms with E-state index in [1.54, 1.807) is 7.11 Å². The highest BCUT2D eigenvalue weighted by Crippen LogP contribution is 2.21. The van der Waals surface area contributed by atoms with E-state index < -0.39 is 0 Å². The number of halogens is 1. The second-order valence-corrected chi connectivity index (χ2v) is 7.23. The first-order valence-corrected chi connectivity index (χ1v) is 9.43. The van der Waals surface area contributed by atoms with Crippen molar-refractivity contribution in [2.45, 2.75) is 26.7 Å². The van der Waals surface area contributed by atoms with Crippen LogP contribution in [-0.4, -0.2) is 40.0 Å². The van der Waals surface area contributed by atoms with Crippen LogP contribution in [-0.2, 0) is 24.5 Å². The van der Waals surface area contributed by atoms with Gasteiger partial charge in [0.05, 0.1) is 26.4 Å². The Morgan fingerprint density at radius 1 is 1.22 bits per heavy atom. The molecule has 27 heavy (non-hydrogen) atoms. The molecule has 0 atom stereocenters. The van der Waals surface area contributed by atoms with E-state index >= 15 is 0 Å². The Morgan fingerprint density at radius 2 is 1.96 bits per heavy atom. The van der Waals surface area contributed by atoms with E-state index in [1.807, 2.05) is 59.6 Å². The highest BCUT2D eigenvalue weighted by atomic mass is 35.5. The van der Waals surface area contributed by atoms with Gasteiger partial charge in [-0.15, -0.1) is 0 Å². The molecular formula is C19H23ClN4O2S. The Kier molecular flexibility index (Phi) is 6.49. The van der Waals surface area contributed by atoms with Gasteiger partial charge in [0.1, 0.15) is 11.5 Å². The monoisotopic (exact) mass is 406 g/mol. The van der Waals surface area contributed by atoms with Crippen LogP contribution in [0.3, 0.4) is 0 Å². The predicted molar refractivity (Wildman–Crippen MR) is 108 cm³/mol. The van der Waals surface area contributed by atoms with E-state index in [2.05, 4.69) is 4.90 Å². The maximum Gasteiger partial charge on any atom is 0.199 e. The molecule has 0 saturated carbocycles. The molecule has 0 aliphatic carbocycles. The highest BCUT2D eigenvalue weighted by Gasteiger charge is 2.14. The third-order valence-electron chi connectivity index (χ3n) is 4.14. The number of benzene rings is 1. The number of furan rings is 1. The number of aryl methyl sites for hydroxylation is 1. The van der Waals surface area contributed by atoms with Crippen molar-refractivity contribution in [3.8, 4) is 11.4 Å². The molecule has 2 heterocycles. The standard InChI is InChI=1S/C19H23ClN4O2S/c1-14-4-9-17(26-14)12-22(2)13-24-19(27)23(10-11-25-3)18(21-24)15-5-7-16(20)8-6-15/h4-9H,10-13H2,1-3H3. The minimum Gasteiger partial charge on any atom is -0.465 e. The van der Waals surface area contributed by atoms with Crippen molar-refractivity contribution < 1.29 is 9.15 Å². The summed E-state index contributed by atoms with van der Waals surface area (Å²) >= 11 is 11.7. The van der Waals surface area contributed by atoms with Gasteiger partial charge in [0, 0.05) is 17.7 Å². The van der Waals surface area contributed by atoms with Crippen molar-refractivity contribution in [3.63, 3.8) is 0 Å². The molecule has 0 aliphatic rings. The van der Waals surface area contributed by atoms with Crippen LogP contribution in [0.5, 0.6) is 0 Å². The molecule has 0 N–H and O–H groups in total. The molecule has 0 amide bonds. The van der Waals surface area contributed by atoms with Crippen LogP contribution < -0.4 is 0 Å². The highest BCUT2D eigenvalue weighted by molar-refractivity contribution is 7.71. The second-order valence-electron chi connectivity index (χ2n) is 6.43. The number of nitrogens with zero attached hydrogens (tertiary/aromatic N) is 4. The maximum absolute atomic E-state index is 6.02. The van der Waals surface area contributed by atoms with E-state index in [4.69, 9.17) is 38.1 Å². The number of ether oxygens (including phenoxy) is 1. The SMILES string of the molecule is COCCn1c(-c2ccc(Cl)cc2)nn(CN(C)Cc2ccc(C)o2)c1=S. The fraction of sp³-hybridized carbons (Fsp3) is 0.368. The van der Waals surface area contributed by atoms with Gasteiger partial charge in [-0.3, -0.25) is 9.47 Å². The van der Waals surface area contributed by atoms with Gasteiger partial charge in [0.15, 0.2) is 10.6 Å². The van der Waals surface area contributed by atoms with Crippen molar-refractivity contribution in [2.24, 2.45) is 0 Å². The largest absolute Gasteiger partial charge is 0.465 e. The average molecular weight is 407 g/mol. The van der Waals surface area contributed by atoms with E-state index in [0.717, 1.165) is 22.9 Å². The van der Waals surface area contributed by atoms with E-state index in [9.17, 15) is 0 Å². The molecule has 144 valence electrons. The lowest BCUT2D eigenvalue weighted by Gasteiger charge is -2.14. The average Bonchev–Trinajstić information content (AvgIpc) is 3.17. The Hall–Kier alpha value is -1.93. The lowest BCUT2D eigenvalue weighted by atomic mass is 10.2. The fourth-order valence-electron chi connectivity index (χ4n) is 2.84. The number of rotatable bonds is 8. The van der Waals surface area contributed by atoms with Crippen LogP contribution in [0.4, 0.5) is 0 Å². The number of aromatic nitrogens is 3. The van der Waals surface area contributed by atoms with Gasteiger partial charge in [-0.2, -0.15) is 5.10 Å². The fourth-order valence-corrected chi connectivity index (χ4v) is 3.25. The Bertz CT molecular complexity index is 946. The second kappa shape index (κ2) is 8.84. The molecule has 0 bridgehead atoms. The lowest BCUT2D eigenvalue weighted by molar-refractivity contribution is 0.186. The topological polar surface area (TPSA) is 48.4 Å². The summed E-state index contributed by atoms with van der Waals surface area (Å²) in [7, 11) is 3.69. The summed E-state index contributed by atoms with van der Waals surface area (Å²) in [5, 5.41) is 5.44. The zero-order valence-electron chi connectivity index (χ0n) is 15.7. The van der Waals surface area contributed by atoms with Crippen molar-refractivity contribution >= 4 is 23.8 Å². The number of methoxy groups -OCH3 is 1. The van der Waals surface area contributed by atoms with Crippen molar-refractivity contribution in [2.75, 3.05) is 20.8 Å². The molecule has 0 radical (unpaired) electrons. The van der Waals surface area contributed by atoms with Gasteiger partial charge in [-0.1, -0.05) is 11.6 Å². The van der Waals surface area contributed by atoms with Gasteiger partial charge in [0.2, 0.25) is 0 Å². The summed E-state index contributed by atoms with van der Waals surface area (Å²) in [6, 6.07) is 11.6. The molecule has 8 heteroatoms. The summed E-state index contributed by atoms with van der Waals surface area (Å²) in [6.45, 7) is 4.36. The summed E-state index contributed by atoms with van der Waals surface area (Å²) in [5.41, 5.74) is 0.963. The Morgan fingerprint density at radius 3 is 2.59 bits per heavy atom. The van der Waals surface area contributed by atoms with Crippen molar-refractivity contribution in [1.29, 1.82) is 0 Å². The summed E-state index contributed by atoms with van der Waals surface area (Å²) < 4.78 is 15.4. The first-order chi connectivity index (χ1) is 13.0. The predicted octanol–water partition coefficient (Wildman–Crippen LogP) is 4.37. The number of hydrogen-bond acceptors (Lipinski definition) is 5. The number of hydrogen-bond donors (Lipinski definition) is 0. The first-order valence-electron chi connectivity index (χ1n) is 8.64. The summed E-state index contributed by atoms with van der Waals surface area (Å²) in [5.74, 6) is 2.62. The quantitative estimate of drug-likeness (QED) is 0.520. The van der Waals surface area contributed by atoms with Crippen LogP contribution in [0.2, 0.25) is 5.02 Å². The molecule has 2 aromatic heterocycles. The van der Waals surface area contributed by atoms with Crippen molar-refractivity contribution in [3.05, 3.63) is 57.7 Å². The molecule has 0 unspecified atom stereocenters. The molecule has 0 aliphatic heterocycles. The lowest BCUT2D eigenvalue weighted by Crippen LogP contribution is -2.22. The van der Waals surface area contributed by atoms with Crippen LogP contribution in [0.1, 0.15) is 11.5 Å². The summed E-state index contributed by atoms with van der Waals surface area (Å²) in [4.78, 5) is 2.10.